The van der Waals surface area contributed by atoms with E-state index in [1.54, 1.807) is 35.1 Å². The first-order valence-corrected chi connectivity index (χ1v) is 9.22. The Bertz CT molecular complexity index is 963. The number of carbonyl (C=O) groups is 2. The lowest BCUT2D eigenvalue weighted by Gasteiger charge is -2.09. The second kappa shape index (κ2) is 7.96. The number of hydrogen-bond acceptors (Lipinski definition) is 3. The molecule has 4 rings (SSSR count). The second-order valence-corrected chi connectivity index (χ2v) is 6.75. The molecule has 0 aliphatic heterocycles. The van der Waals surface area contributed by atoms with Crippen LogP contribution in [-0.2, 0) is 6.54 Å². The van der Waals surface area contributed by atoms with E-state index in [1.165, 1.54) is 0 Å². The van der Waals surface area contributed by atoms with Crippen LogP contribution in [0.3, 0.4) is 0 Å². The van der Waals surface area contributed by atoms with E-state index < -0.39 is 0 Å². The molecule has 1 heterocycles. The summed E-state index contributed by atoms with van der Waals surface area (Å²) in [6.45, 7) is 0.415. The van der Waals surface area contributed by atoms with Crippen LogP contribution >= 0.6 is 0 Å². The van der Waals surface area contributed by atoms with Crippen molar-refractivity contribution >= 4 is 17.6 Å². The summed E-state index contributed by atoms with van der Waals surface area (Å²) in [5, 5.41) is 12.7. The standard InChI is InChI=1S/C21H21N5O2/c27-20(16-3-1-4-18(13-16)25-21(28)24-17-7-8-17)22-14-15-5-9-19(10-6-15)26-12-2-11-23-26/h1-6,9-13,17H,7-8,14H2,(H,22,27)(H2,24,25,28). The van der Waals surface area contributed by atoms with Crippen LogP contribution in [0.5, 0.6) is 0 Å². The van der Waals surface area contributed by atoms with E-state index in [9.17, 15) is 9.59 Å². The Labute approximate surface area is 162 Å². The highest BCUT2D eigenvalue weighted by Crippen LogP contribution is 2.19. The molecule has 1 aromatic heterocycles. The highest BCUT2D eigenvalue weighted by Gasteiger charge is 2.23. The third-order valence-corrected chi connectivity index (χ3v) is 4.45. The molecule has 7 nitrogen and oxygen atoms in total. The molecule has 1 aliphatic carbocycles. The minimum Gasteiger partial charge on any atom is -0.348 e. The second-order valence-electron chi connectivity index (χ2n) is 6.75. The molecule has 3 aromatic rings. The quantitative estimate of drug-likeness (QED) is 0.619. The molecule has 0 bridgehead atoms. The Morgan fingerprint density at radius 3 is 2.61 bits per heavy atom. The summed E-state index contributed by atoms with van der Waals surface area (Å²) >= 11 is 0. The Morgan fingerprint density at radius 1 is 1.07 bits per heavy atom. The maximum absolute atomic E-state index is 12.4. The van der Waals surface area contributed by atoms with Crippen molar-refractivity contribution in [1.82, 2.24) is 20.4 Å². The lowest BCUT2D eigenvalue weighted by molar-refractivity contribution is 0.0951. The molecule has 0 unspecified atom stereocenters. The summed E-state index contributed by atoms with van der Waals surface area (Å²) < 4.78 is 1.78. The summed E-state index contributed by atoms with van der Waals surface area (Å²) in [5.41, 5.74) is 3.04. The normalized spacial score (nSPS) is 13.0. The van der Waals surface area contributed by atoms with Crippen LogP contribution < -0.4 is 16.0 Å². The van der Waals surface area contributed by atoms with Crippen molar-refractivity contribution in [1.29, 1.82) is 0 Å². The number of urea groups is 1. The summed E-state index contributed by atoms with van der Waals surface area (Å²) in [6.07, 6.45) is 5.66. The first-order valence-electron chi connectivity index (χ1n) is 9.22. The van der Waals surface area contributed by atoms with Crippen LogP contribution in [0.1, 0.15) is 28.8 Å². The summed E-state index contributed by atoms with van der Waals surface area (Å²) in [4.78, 5) is 24.3. The Morgan fingerprint density at radius 2 is 1.89 bits per heavy atom. The van der Waals surface area contributed by atoms with Gasteiger partial charge in [-0.05, 0) is 54.8 Å². The van der Waals surface area contributed by atoms with Crippen molar-refractivity contribution in [3.63, 3.8) is 0 Å². The number of benzene rings is 2. The molecule has 0 atom stereocenters. The number of amides is 3. The summed E-state index contributed by atoms with van der Waals surface area (Å²) in [5.74, 6) is -0.192. The average Bonchev–Trinajstić information content (AvgIpc) is 3.35. The number of nitrogens with one attached hydrogen (secondary N) is 3. The molecular formula is C21H21N5O2. The SMILES string of the molecule is O=C(Nc1cccc(C(=O)NCc2ccc(-n3cccn3)cc2)c1)NC1CC1. The van der Waals surface area contributed by atoms with Crippen LogP contribution in [0.4, 0.5) is 10.5 Å². The van der Waals surface area contributed by atoms with E-state index >= 15 is 0 Å². The lowest BCUT2D eigenvalue weighted by atomic mass is 10.1. The van der Waals surface area contributed by atoms with Gasteiger partial charge >= 0.3 is 6.03 Å². The fourth-order valence-electron chi connectivity index (χ4n) is 2.79. The number of anilines is 1. The van der Waals surface area contributed by atoms with Gasteiger partial charge in [0.2, 0.25) is 0 Å². The van der Waals surface area contributed by atoms with Gasteiger partial charge in [0.05, 0.1) is 5.69 Å². The molecule has 1 fully saturated rings. The Hall–Kier alpha value is -3.61. The van der Waals surface area contributed by atoms with E-state index in [2.05, 4.69) is 21.0 Å². The van der Waals surface area contributed by atoms with Crippen molar-refractivity contribution in [2.24, 2.45) is 0 Å². The predicted octanol–water partition coefficient (Wildman–Crippen LogP) is 3.09. The smallest absolute Gasteiger partial charge is 0.319 e. The van der Waals surface area contributed by atoms with Gasteiger partial charge in [-0.2, -0.15) is 5.10 Å². The van der Waals surface area contributed by atoms with Crippen LogP contribution in [0.25, 0.3) is 5.69 Å². The number of nitrogens with zero attached hydrogens (tertiary/aromatic N) is 2. The van der Waals surface area contributed by atoms with E-state index in [1.807, 2.05) is 36.5 Å². The zero-order chi connectivity index (χ0) is 19.3. The highest BCUT2D eigenvalue weighted by atomic mass is 16.2. The maximum Gasteiger partial charge on any atom is 0.319 e. The minimum atomic E-state index is -0.239. The Kier molecular flexibility index (Phi) is 5.05. The third-order valence-electron chi connectivity index (χ3n) is 4.45. The molecule has 7 heteroatoms. The van der Waals surface area contributed by atoms with Gasteiger partial charge in [0, 0.05) is 36.2 Å². The van der Waals surface area contributed by atoms with Crippen LogP contribution in [-0.4, -0.2) is 27.8 Å². The molecule has 2 aromatic carbocycles. The molecule has 3 N–H and O–H groups in total. The highest BCUT2D eigenvalue weighted by molar-refractivity contribution is 5.96. The number of rotatable bonds is 6. The molecule has 142 valence electrons. The molecule has 28 heavy (non-hydrogen) atoms. The number of aromatic nitrogens is 2. The average molecular weight is 375 g/mol. The first-order chi connectivity index (χ1) is 13.7. The van der Waals surface area contributed by atoms with Crippen molar-refractivity contribution in [2.75, 3.05) is 5.32 Å². The molecule has 0 saturated heterocycles. The minimum absolute atomic E-state index is 0.192. The topological polar surface area (TPSA) is 88.1 Å². The fraction of sp³-hybridized carbons (Fsp3) is 0.190. The molecule has 1 saturated carbocycles. The van der Waals surface area contributed by atoms with Crippen LogP contribution in [0.15, 0.2) is 67.0 Å². The lowest BCUT2D eigenvalue weighted by Crippen LogP contribution is -2.30. The van der Waals surface area contributed by atoms with Crippen molar-refractivity contribution in [3.05, 3.63) is 78.1 Å². The van der Waals surface area contributed by atoms with Crippen molar-refractivity contribution in [2.45, 2.75) is 25.4 Å². The van der Waals surface area contributed by atoms with Crippen LogP contribution in [0.2, 0.25) is 0 Å². The number of hydrogen-bond donors (Lipinski definition) is 3. The van der Waals surface area contributed by atoms with Gasteiger partial charge in [-0.1, -0.05) is 18.2 Å². The van der Waals surface area contributed by atoms with Crippen LogP contribution in [0, 0.1) is 0 Å². The molecule has 0 radical (unpaired) electrons. The predicted molar refractivity (Wildman–Crippen MR) is 106 cm³/mol. The monoisotopic (exact) mass is 375 g/mol. The first kappa shape index (κ1) is 17.8. The van der Waals surface area contributed by atoms with Crippen molar-refractivity contribution in [3.8, 4) is 5.69 Å². The Balaban J connectivity index is 1.33. The maximum atomic E-state index is 12.4. The molecular weight excluding hydrogens is 354 g/mol. The van der Waals surface area contributed by atoms with Gasteiger partial charge in [-0.15, -0.1) is 0 Å². The summed E-state index contributed by atoms with van der Waals surface area (Å²) in [6, 6.07) is 16.6. The fourth-order valence-corrected chi connectivity index (χ4v) is 2.79. The van der Waals surface area contributed by atoms with Crippen molar-refractivity contribution < 1.29 is 9.59 Å². The van der Waals surface area contributed by atoms with E-state index in [0.29, 0.717) is 17.8 Å². The van der Waals surface area contributed by atoms with E-state index in [4.69, 9.17) is 0 Å². The van der Waals surface area contributed by atoms with E-state index in [0.717, 1.165) is 24.1 Å². The van der Waals surface area contributed by atoms with Gasteiger partial charge in [0.25, 0.3) is 5.91 Å². The third kappa shape index (κ3) is 4.56. The molecule has 3 amide bonds. The summed E-state index contributed by atoms with van der Waals surface area (Å²) in [7, 11) is 0. The largest absolute Gasteiger partial charge is 0.348 e. The van der Waals surface area contributed by atoms with Gasteiger partial charge in [0.1, 0.15) is 0 Å². The van der Waals surface area contributed by atoms with Gasteiger partial charge in [-0.3, -0.25) is 4.79 Å². The number of carbonyl (C=O) groups excluding carboxylic acids is 2. The van der Waals surface area contributed by atoms with E-state index in [-0.39, 0.29) is 18.0 Å². The van der Waals surface area contributed by atoms with Gasteiger partial charge in [-0.25, -0.2) is 9.48 Å². The zero-order valence-electron chi connectivity index (χ0n) is 15.3. The molecule has 1 aliphatic rings. The molecule has 0 spiro atoms. The zero-order valence-corrected chi connectivity index (χ0v) is 15.3. The van der Waals surface area contributed by atoms with Gasteiger partial charge in [0.15, 0.2) is 0 Å². The van der Waals surface area contributed by atoms with Gasteiger partial charge < -0.3 is 16.0 Å².